The number of nitrogens with zero attached hydrogens (tertiary/aromatic N) is 3. The molecule has 1 aliphatic rings. The van der Waals surface area contributed by atoms with Crippen LogP contribution in [0.5, 0.6) is 0 Å². The molecule has 9 heteroatoms. The number of carbonyl (C=O) groups excluding carboxylic acids is 2. The SMILES string of the molecule is O=C(NCc1cccc(F)c1)c1nc(CC(=O)N2CCOCC2)no1. The third-order valence-corrected chi connectivity index (χ3v) is 3.68. The molecule has 8 nitrogen and oxygen atoms in total. The maximum atomic E-state index is 13.1. The Bertz CT molecular complexity index is 758. The molecule has 0 aliphatic carbocycles. The van der Waals surface area contributed by atoms with Gasteiger partial charge in [-0.05, 0) is 17.7 Å². The third kappa shape index (κ3) is 4.60. The van der Waals surface area contributed by atoms with Crippen LogP contribution in [-0.2, 0) is 22.5 Å². The van der Waals surface area contributed by atoms with Crippen molar-refractivity contribution in [3.8, 4) is 0 Å². The van der Waals surface area contributed by atoms with Gasteiger partial charge >= 0.3 is 11.8 Å². The van der Waals surface area contributed by atoms with E-state index in [2.05, 4.69) is 15.5 Å². The minimum Gasteiger partial charge on any atom is -0.378 e. The second kappa shape index (κ2) is 7.84. The van der Waals surface area contributed by atoms with Gasteiger partial charge in [0.2, 0.25) is 5.91 Å². The van der Waals surface area contributed by atoms with E-state index in [-0.39, 0.29) is 36.4 Å². The summed E-state index contributed by atoms with van der Waals surface area (Å²) in [5.74, 6) is -1.19. The number of halogens is 1. The van der Waals surface area contributed by atoms with Crippen LogP contribution in [0, 0.1) is 5.82 Å². The summed E-state index contributed by atoms with van der Waals surface area (Å²) >= 11 is 0. The molecule has 0 saturated carbocycles. The first-order valence-electron chi connectivity index (χ1n) is 7.82. The molecule has 132 valence electrons. The summed E-state index contributed by atoms with van der Waals surface area (Å²) in [6.45, 7) is 2.19. The summed E-state index contributed by atoms with van der Waals surface area (Å²) in [5, 5.41) is 6.21. The van der Waals surface area contributed by atoms with E-state index in [4.69, 9.17) is 9.26 Å². The van der Waals surface area contributed by atoms with Crippen molar-refractivity contribution in [2.75, 3.05) is 26.3 Å². The Morgan fingerprint density at radius 1 is 1.28 bits per heavy atom. The van der Waals surface area contributed by atoms with Gasteiger partial charge in [-0.1, -0.05) is 17.3 Å². The Hall–Kier alpha value is -2.81. The first kappa shape index (κ1) is 17.0. The van der Waals surface area contributed by atoms with Crippen molar-refractivity contribution < 1.29 is 23.2 Å². The van der Waals surface area contributed by atoms with Gasteiger partial charge in [0.1, 0.15) is 5.82 Å². The Morgan fingerprint density at radius 2 is 2.08 bits per heavy atom. The predicted octanol–water partition coefficient (Wildman–Crippen LogP) is 0.540. The molecular formula is C16H17FN4O4. The summed E-state index contributed by atoms with van der Waals surface area (Å²) in [4.78, 5) is 29.7. The van der Waals surface area contributed by atoms with Gasteiger partial charge in [0, 0.05) is 19.6 Å². The minimum absolute atomic E-state index is 0.0410. The zero-order valence-corrected chi connectivity index (χ0v) is 13.4. The van der Waals surface area contributed by atoms with Crippen LogP contribution < -0.4 is 5.32 Å². The van der Waals surface area contributed by atoms with Crippen LogP contribution in [-0.4, -0.2) is 53.2 Å². The molecule has 0 radical (unpaired) electrons. The van der Waals surface area contributed by atoms with Gasteiger partial charge < -0.3 is 19.5 Å². The molecule has 2 amide bonds. The van der Waals surface area contributed by atoms with Gasteiger partial charge in [-0.2, -0.15) is 4.98 Å². The maximum Gasteiger partial charge on any atom is 0.315 e. The fourth-order valence-corrected chi connectivity index (χ4v) is 2.38. The number of hydrogen-bond acceptors (Lipinski definition) is 6. The molecule has 1 fully saturated rings. The van der Waals surface area contributed by atoms with E-state index in [1.165, 1.54) is 12.1 Å². The van der Waals surface area contributed by atoms with Gasteiger partial charge in [0.05, 0.1) is 19.6 Å². The smallest absolute Gasteiger partial charge is 0.315 e. The van der Waals surface area contributed by atoms with Crippen molar-refractivity contribution >= 4 is 11.8 Å². The summed E-state index contributed by atoms with van der Waals surface area (Å²) in [5.41, 5.74) is 0.607. The number of ether oxygens (including phenoxy) is 1. The lowest BCUT2D eigenvalue weighted by molar-refractivity contribution is -0.134. The molecule has 2 heterocycles. The van der Waals surface area contributed by atoms with Crippen LogP contribution in [0.15, 0.2) is 28.8 Å². The topological polar surface area (TPSA) is 97.6 Å². The molecule has 1 aromatic carbocycles. The number of aromatic nitrogens is 2. The van der Waals surface area contributed by atoms with Crippen molar-refractivity contribution in [3.05, 3.63) is 47.4 Å². The minimum atomic E-state index is -0.582. The van der Waals surface area contributed by atoms with Gasteiger partial charge in [0.25, 0.3) is 0 Å². The molecular weight excluding hydrogens is 331 g/mol. The Labute approximate surface area is 142 Å². The fraction of sp³-hybridized carbons (Fsp3) is 0.375. The van der Waals surface area contributed by atoms with E-state index in [0.717, 1.165) is 0 Å². The van der Waals surface area contributed by atoms with Crippen LogP contribution >= 0.6 is 0 Å². The van der Waals surface area contributed by atoms with Crippen LogP contribution in [0.4, 0.5) is 4.39 Å². The lowest BCUT2D eigenvalue weighted by Gasteiger charge is -2.26. The van der Waals surface area contributed by atoms with Gasteiger partial charge in [-0.25, -0.2) is 4.39 Å². The van der Waals surface area contributed by atoms with Crippen LogP contribution in [0.1, 0.15) is 22.1 Å². The molecule has 2 aromatic rings. The van der Waals surface area contributed by atoms with Crippen molar-refractivity contribution in [2.45, 2.75) is 13.0 Å². The lowest BCUT2D eigenvalue weighted by Crippen LogP contribution is -2.41. The largest absolute Gasteiger partial charge is 0.378 e. The van der Waals surface area contributed by atoms with Crippen LogP contribution in [0.2, 0.25) is 0 Å². The first-order valence-corrected chi connectivity index (χ1v) is 7.82. The van der Waals surface area contributed by atoms with Gasteiger partial charge in [-0.3, -0.25) is 9.59 Å². The van der Waals surface area contributed by atoms with Gasteiger partial charge in [0.15, 0.2) is 5.82 Å². The highest BCUT2D eigenvalue weighted by molar-refractivity contribution is 5.89. The van der Waals surface area contributed by atoms with E-state index < -0.39 is 5.91 Å². The van der Waals surface area contributed by atoms with Gasteiger partial charge in [-0.15, -0.1) is 0 Å². The molecule has 1 aromatic heterocycles. The Morgan fingerprint density at radius 3 is 2.84 bits per heavy atom. The normalized spacial score (nSPS) is 14.4. The number of hydrogen-bond donors (Lipinski definition) is 1. The van der Waals surface area contributed by atoms with Crippen molar-refractivity contribution in [3.63, 3.8) is 0 Å². The summed E-state index contributed by atoms with van der Waals surface area (Å²) < 4.78 is 23.2. The predicted molar refractivity (Wildman–Crippen MR) is 83.0 cm³/mol. The van der Waals surface area contributed by atoms with E-state index in [1.54, 1.807) is 17.0 Å². The number of morpholine rings is 1. The zero-order valence-electron chi connectivity index (χ0n) is 13.4. The van der Waals surface area contributed by atoms with E-state index in [0.29, 0.717) is 31.9 Å². The second-order valence-electron chi connectivity index (χ2n) is 5.50. The molecule has 1 saturated heterocycles. The summed E-state index contributed by atoms with van der Waals surface area (Å²) in [6.07, 6.45) is -0.0410. The van der Waals surface area contributed by atoms with Crippen molar-refractivity contribution in [2.24, 2.45) is 0 Å². The molecule has 0 bridgehead atoms. The fourth-order valence-electron chi connectivity index (χ4n) is 2.38. The molecule has 0 spiro atoms. The number of rotatable bonds is 5. The lowest BCUT2D eigenvalue weighted by atomic mass is 10.2. The standard InChI is InChI=1S/C16H17FN4O4/c17-12-3-1-2-11(8-12)10-18-15(23)16-19-13(20-25-16)9-14(22)21-4-6-24-7-5-21/h1-3,8H,4-7,9-10H2,(H,18,23). The molecule has 0 atom stereocenters. The molecule has 0 unspecified atom stereocenters. The summed E-state index contributed by atoms with van der Waals surface area (Å²) in [7, 11) is 0. The molecule has 3 rings (SSSR count). The molecule has 25 heavy (non-hydrogen) atoms. The number of nitrogens with one attached hydrogen (secondary N) is 1. The van der Waals surface area contributed by atoms with E-state index in [1.807, 2.05) is 0 Å². The monoisotopic (exact) mass is 348 g/mol. The average Bonchev–Trinajstić information content (AvgIpc) is 3.09. The Kier molecular flexibility index (Phi) is 5.34. The maximum absolute atomic E-state index is 13.1. The third-order valence-electron chi connectivity index (χ3n) is 3.68. The van der Waals surface area contributed by atoms with Crippen molar-refractivity contribution in [1.29, 1.82) is 0 Å². The highest BCUT2D eigenvalue weighted by Crippen LogP contribution is 2.06. The van der Waals surface area contributed by atoms with Crippen molar-refractivity contribution in [1.82, 2.24) is 20.4 Å². The quantitative estimate of drug-likeness (QED) is 0.847. The van der Waals surface area contributed by atoms with Crippen LogP contribution in [0.25, 0.3) is 0 Å². The molecule has 1 aliphatic heterocycles. The zero-order chi connectivity index (χ0) is 17.6. The van der Waals surface area contributed by atoms with E-state index >= 15 is 0 Å². The molecule has 1 N–H and O–H groups in total. The second-order valence-corrected chi connectivity index (χ2v) is 5.50. The summed E-state index contributed by atoms with van der Waals surface area (Å²) in [6, 6.07) is 5.88. The number of amides is 2. The highest BCUT2D eigenvalue weighted by atomic mass is 19.1. The number of carbonyl (C=O) groups is 2. The number of benzene rings is 1. The van der Waals surface area contributed by atoms with E-state index in [9.17, 15) is 14.0 Å². The highest BCUT2D eigenvalue weighted by Gasteiger charge is 2.21. The average molecular weight is 348 g/mol. The van der Waals surface area contributed by atoms with Crippen LogP contribution in [0.3, 0.4) is 0 Å². The Balaban J connectivity index is 1.53. The first-order chi connectivity index (χ1) is 12.1.